The summed E-state index contributed by atoms with van der Waals surface area (Å²) in [5.41, 5.74) is 2.51. The predicted octanol–water partition coefficient (Wildman–Crippen LogP) is 6.60. The van der Waals surface area contributed by atoms with E-state index in [9.17, 15) is 19.5 Å². The summed E-state index contributed by atoms with van der Waals surface area (Å²) in [6, 6.07) is 11.9. The van der Waals surface area contributed by atoms with E-state index in [1.165, 1.54) is 18.4 Å². The molecule has 9 nitrogen and oxygen atoms in total. The molecule has 1 aromatic heterocycles. The molecule has 44 heavy (non-hydrogen) atoms. The Morgan fingerprint density at radius 2 is 1.89 bits per heavy atom. The van der Waals surface area contributed by atoms with Gasteiger partial charge in [0.2, 0.25) is 5.91 Å². The third-order valence-corrected chi connectivity index (χ3v) is 10.7. The number of hydrogen-bond acceptors (Lipinski definition) is 9. The Labute approximate surface area is 268 Å². The second kappa shape index (κ2) is 11.5. The highest BCUT2D eigenvalue weighted by Gasteiger charge is 2.61. The van der Waals surface area contributed by atoms with Crippen molar-refractivity contribution in [1.82, 2.24) is 0 Å². The molecule has 4 unspecified atom stereocenters. The molecular formula is C33H35BrN2O7S. The van der Waals surface area contributed by atoms with Gasteiger partial charge in [-0.15, -0.1) is 11.3 Å². The highest BCUT2D eigenvalue weighted by Crippen LogP contribution is 2.52. The molecule has 6 rings (SSSR count). The van der Waals surface area contributed by atoms with Crippen molar-refractivity contribution in [3.63, 3.8) is 0 Å². The number of methoxy groups -OCH3 is 1. The lowest BCUT2D eigenvalue weighted by atomic mass is 9.72. The molecule has 2 aromatic carbocycles. The summed E-state index contributed by atoms with van der Waals surface area (Å²) in [6.45, 7) is 8.76. The summed E-state index contributed by atoms with van der Waals surface area (Å²) in [5.74, 6) is -1.89. The average molecular weight is 684 g/mol. The molecule has 0 radical (unpaired) electrons. The molecule has 2 aliphatic heterocycles. The number of esters is 1. The van der Waals surface area contributed by atoms with Gasteiger partial charge in [-0.1, -0.05) is 39.0 Å². The number of thiophene rings is 1. The number of hydrogen-bond donors (Lipinski definition) is 1. The topological polar surface area (TPSA) is 106 Å². The molecule has 2 fully saturated rings. The van der Waals surface area contributed by atoms with Crippen LogP contribution in [0.3, 0.4) is 0 Å². The van der Waals surface area contributed by atoms with E-state index in [0.29, 0.717) is 45.2 Å². The van der Waals surface area contributed by atoms with Gasteiger partial charge < -0.3 is 14.6 Å². The zero-order valence-corrected chi connectivity index (χ0v) is 27.7. The van der Waals surface area contributed by atoms with Crippen LogP contribution >= 0.6 is 27.3 Å². The SMILES string of the molecule is CCOc1cc(C2C3C(=O)N(c4sc5c(c4C(=O)OC)CCC(C(C)(C)C)C5)C(=O)C3ON2c2ccccc2)cc(Br)c1O. The van der Waals surface area contributed by atoms with Gasteiger partial charge >= 0.3 is 5.97 Å². The van der Waals surface area contributed by atoms with E-state index in [4.69, 9.17) is 14.3 Å². The van der Waals surface area contributed by atoms with Crippen LogP contribution in [-0.2, 0) is 32.0 Å². The van der Waals surface area contributed by atoms with E-state index in [-0.39, 0.29) is 16.9 Å². The molecule has 2 saturated heterocycles. The van der Waals surface area contributed by atoms with Crippen LogP contribution < -0.4 is 14.7 Å². The van der Waals surface area contributed by atoms with E-state index in [1.54, 1.807) is 17.2 Å². The Bertz CT molecular complexity index is 1630. The molecule has 0 saturated carbocycles. The van der Waals surface area contributed by atoms with Gasteiger partial charge in [-0.05, 0) is 88.8 Å². The summed E-state index contributed by atoms with van der Waals surface area (Å²) in [6.07, 6.45) is 1.21. The highest BCUT2D eigenvalue weighted by atomic mass is 79.9. The Hall–Kier alpha value is -3.41. The average Bonchev–Trinajstić information content (AvgIpc) is 3.64. The summed E-state index contributed by atoms with van der Waals surface area (Å²) < 4.78 is 11.3. The van der Waals surface area contributed by atoms with Crippen LogP contribution in [0.4, 0.5) is 10.7 Å². The fourth-order valence-corrected chi connectivity index (χ4v) is 8.45. The number of carbonyl (C=O) groups is 3. The molecular weight excluding hydrogens is 648 g/mol. The first-order chi connectivity index (χ1) is 21.0. The number of aromatic hydroxyl groups is 1. The number of imide groups is 1. The third kappa shape index (κ3) is 4.98. The molecule has 232 valence electrons. The Morgan fingerprint density at radius 1 is 1.16 bits per heavy atom. The van der Waals surface area contributed by atoms with E-state index in [1.807, 2.05) is 37.3 Å². The smallest absolute Gasteiger partial charge is 0.341 e. The largest absolute Gasteiger partial charge is 0.503 e. The van der Waals surface area contributed by atoms with Crippen molar-refractivity contribution >= 4 is 55.7 Å². The van der Waals surface area contributed by atoms with Crippen LogP contribution in [0.5, 0.6) is 11.5 Å². The molecule has 0 bridgehead atoms. The number of ether oxygens (including phenoxy) is 2. The van der Waals surface area contributed by atoms with Crippen molar-refractivity contribution in [3.8, 4) is 11.5 Å². The maximum atomic E-state index is 14.5. The van der Waals surface area contributed by atoms with E-state index >= 15 is 0 Å². The van der Waals surface area contributed by atoms with E-state index in [0.717, 1.165) is 28.2 Å². The van der Waals surface area contributed by atoms with Gasteiger partial charge in [0, 0.05) is 4.88 Å². The van der Waals surface area contributed by atoms with Gasteiger partial charge in [-0.2, -0.15) is 0 Å². The molecule has 0 spiro atoms. The van der Waals surface area contributed by atoms with Crippen molar-refractivity contribution in [2.45, 2.75) is 59.1 Å². The van der Waals surface area contributed by atoms with Crippen LogP contribution in [0.2, 0.25) is 0 Å². The van der Waals surface area contributed by atoms with Crippen LogP contribution in [0, 0.1) is 17.3 Å². The maximum absolute atomic E-state index is 14.5. The minimum Gasteiger partial charge on any atom is -0.503 e. The number of carbonyl (C=O) groups excluding carboxylic acids is 3. The van der Waals surface area contributed by atoms with Crippen molar-refractivity contribution in [3.05, 3.63) is 68.5 Å². The first kappa shape index (κ1) is 30.6. The molecule has 4 atom stereocenters. The van der Waals surface area contributed by atoms with Crippen molar-refractivity contribution < 1.29 is 33.8 Å². The quantitative estimate of drug-likeness (QED) is 0.229. The second-order valence-corrected chi connectivity index (χ2v) is 14.4. The number of phenolic OH excluding ortho intramolecular Hbond substituents is 1. The molecule has 1 N–H and O–H groups in total. The van der Waals surface area contributed by atoms with Gasteiger partial charge in [0.25, 0.3) is 5.91 Å². The van der Waals surface area contributed by atoms with Gasteiger partial charge in [0.05, 0.1) is 35.5 Å². The minimum atomic E-state index is -1.12. The van der Waals surface area contributed by atoms with Crippen molar-refractivity contribution in [1.29, 1.82) is 0 Å². The van der Waals surface area contributed by atoms with Gasteiger partial charge in [-0.3, -0.25) is 14.4 Å². The Morgan fingerprint density at radius 3 is 2.55 bits per heavy atom. The summed E-state index contributed by atoms with van der Waals surface area (Å²) in [5, 5.41) is 12.5. The number of phenols is 1. The lowest BCUT2D eigenvalue weighted by molar-refractivity contribution is -0.126. The monoisotopic (exact) mass is 682 g/mol. The molecule has 2 amide bonds. The number of anilines is 2. The lowest BCUT2D eigenvalue weighted by Crippen LogP contribution is -2.37. The van der Waals surface area contributed by atoms with Gasteiger partial charge in [0.1, 0.15) is 10.9 Å². The molecule has 11 heteroatoms. The number of hydroxylamine groups is 1. The third-order valence-electron chi connectivity index (χ3n) is 8.88. The minimum absolute atomic E-state index is 0.0618. The maximum Gasteiger partial charge on any atom is 0.341 e. The standard InChI is InChI=1S/C33H35BrN2O7S/c1-6-42-22-15-17(14-21(34)27(22)37)26-25-28(43-36(26)19-10-8-7-9-11-19)30(39)35(29(25)38)31-24(32(40)41-5)20-13-12-18(33(2,3)4)16-23(20)44-31/h7-11,14-15,18,25-26,28,37H,6,12-13,16H2,1-5H3. The molecule has 1 aliphatic carbocycles. The molecule has 3 heterocycles. The van der Waals surface area contributed by atoms with Gasteiger partial charge in [0.15, 0.2) is 17.6 Å². The summed E-state index contributed by atoms with van der Waals surface area (Å²) in [7, 11) is 1.31. The van der Waals surface area contributed by atoms with Crippen molar-refractivity contribution in [2.75, 3.05) is 23.7 Å². The number of halogens is 1. The number of rotatable bonds is 6. The molecule has 3 aliphatic rings. The predicted molar refractivity (Wildman–Crippen MR) is 170 cm³/mol. The van der Waals surface area contributed by atoms with Crippen LogP contribution in [0.1, 0.15) is 66.5 Å². The van der Waals surface area contributed by atoms with Crippen molar-refractivity contribution in [2.24, 2.45) is 17.3 Å². The first-order valence-corrected chi connectivity index (χ1v) is 16.3. The van der Waals surface area contributed by atoms with Crippen LogP contribution in [0.25, 0.3) is 0 Å². The lowest BCUT2D eigenvalue weighted by Gasteiger charge is -2.33. The van der Waals surface area contributed by atoms with Crippen LogP contribution in [0.15, 0.2) is 46.9 Å². The Balaban J connectivity index is 1.45. The summed E-state index contributed by atoms with van der Waals surface area (Å²) in [4.78, 5) is 50.3. The zero-order valence-electron chi connectivity index (χ0n) is 25.3. The fourth-order valence-electron chi connectivity index (χ4n) is 6.56. The Kier molecular flexibility index (Phi) is 8.00. The second-order valence-electron chi connectivity index (χ2n) is 12.4. The highest BCUT2D eigenvalue weighted by molar-refractivity contribution is 9.10. The normalized spacial score (nSPS) is 23.1. The van der Waals surface area contributed by atoms with Gasteiger partial charge in [-0.25, -0.2) is 14.8 Å². The summed E-state index contributed by atoms with van der Waals surface area (Å²) >= 11 is 4.75. The number of benzene rings is 2. The number of fused-ring (bicyclic) bond motifs is 2. The van der Waals surface area contributed by atoms with E-state index in [2.05, 4.69) is 36.7 Å². The number of para-hydroxylation sites is 1. The van der Waals surface area contributed by atoms with E-state index < -0.39 is 35.8 Å². The van der Waals surface area contributed by atoms with Crippen LogP contribution in [-0.4, -0.2) is 42.7 Å². The number of amides is 2. The first-order valence-electron chi connectivity index (χ1n) is 14.7. The fraction of sp³-hybridized carbons (Fsp3) is 0.424. The zero-order chi connectivity index (χ0) is 31.5. The number of nitrogens with zero attached hydrogens (tertiary/aromatic N) is 2. The molecule has 3 aromatic rings.